The Kier molecular flexibility index (Phi) is 5.34. The Hall–Kier alpha value is -1.34. The van der Waals surface area contributed by atoms with E-state index in [9.17, 15) is 4.79 Å². The van der Waals surface area contributed by atoms with E-state index < -0.39 is 0 Å². The van der Waals surface area contributed by atoms with Gasteiger partial charge in [0.2, 0.25) is 0 Å². The van der Waals surface area contributed by atoms with Gasteiger partial charge in [-0.3, -0.25) is 4.79 Å². The number of benzene rings is 2. The summed E-state index contributed by atoms with van der Waals surface area (Å²) in [5.74, 6) is -0.0344. The van der Waals surface area contributed by atoms with E-state index in [-0.39, 0.29) is 5.91 Å². The summed E-state index contributed by atoms with van der Waals surface area (Å²) in [4.78, 5) is 21.7. The Bertz CT molecular complexity index is 1030. The molecule has 3 aromatic rings. The maximum absolute atomic E-state index is 12.8. The molecule has 0 radical (unpaired) electrons. The zero-order valence-corrected chi connectivity index (χ0v) is 18.4. The van der Waals surface area contributed by atoms with Gasteiger partial charge in [0.15, 0.2) is 5.13 Å². The number of thiazole rings is 1. The minimum absolute atomic E-state index is 0.0344. The first-order chi connectivity index (χ1) is 12.9. The number of hydrogen-bond acceptors (Lipinski definition) is 4. The van der Waals surface area contributed by atoms with Crippen LogP contribution in [0.25, 0.3) is 10.2 Å². The van der Waals surface area contributed by atoms with Crippen LogP contribution in [0.3, 0.4) is 0 Å². The molecule has 0 bridgehead atoms. The number of carbonyl (C=O) groups is 1. The maximum Gasteiger partial charge on any atom is 0.255 e. The van der Waals surface area contributed by atoms with E-state index in [0.29, 0.717) is 23.7 Å². The summed E-state index contributed by atoms with van der Waals surface area (Å²) >= 11 is 17.5. The predicted molar refractivity (Wildman–Crippen MR) is 117 cm³/mol. The van der Waals surface area contributed by atoms with Crippen LogP contribution in [0.2, 0.25) is 10.0 Å². The molecule has 1 fully saturated rings. The monoisotopic (exact) mass is 483 g/mol. The van der Waals surface area contributed by atoms with Gasteiger partial charge in [0.1, 0.15) is 0 Å². The lowest BCUT2D eigenvalue weighted by Crippen LogP contribution is -2.48. The van der Waals surface area contributed by atoms with E-state index in [1.807, 2.05) is 30.0 Å². The lowest BCUT2D eigenvalue weighted by Gasteiger charge is -2.34. The fraction of sp³-hybridized carbons (Fsp3) is 0.263. The topological polar surface area (TPSA) is 36.4 Å². The molecule has 0 atom stereocenters. The van der Waals surface area contributed by atoms with Crippen molar-refractivity contribution in [2.45, 2.75) is 6.92 Å². The van der Waals surface area contributed by atoms with Gasteiger partial charge in [-0.15, -0.1) is 0 Å². The normalized spacial score (nSPS) is 14.8. The van der Waals surface area contributed by atoms with Crippen molar-refractivity contribution in [1.82, 2.24) is 9.88 Å². The van der Waals surface area contributed by atoms with Crippen LogP contribution >= 0.6 is 50.5 Å². The second-order valence-corrected chi connectivity index (χ2v) is 9.16. The first-order valence-electron chi connectivity index (χ1n) is 8.49. The molecule has 2 aromatic carbocycles. The van der Waals surface area contributed by atoms with Crippen LogP contribution in [0, 0.1) is 6.92 Å². The van der Waals surface area contributed by atoms with Gasteiger partial charge in [-0.05, 0) is 42.8 Å². The highest BCUT2D eigenvalue weighted by Gasteiger charge is 2.25. The molecule has 0 spiro atoms. The fourth-order valence-electron chi connectivity index (χ4n) is 3.16. The van der Waals surface area contributed by atoms with Crippen molar-refractivity contribution in [3.8, 4) is 0 Å². The predicted octanol–water partition coefficient (Wildman–Crippen LogP) is 5.64. The van der Waals surface area contributed by atoms with Crippen molar-refractivity contribution in [1.29, 1.82) is 0 Å². The number of aryl methyl sites for hydroxylation is 1. The molecule has 4 rings (SSSR count). The van der Waals surface area contributed by atoms with Crippen molar-refractivity contribution in [3.05, 3.63) is 56.0 Å². The maximum atomic E-state index is 12.8. The average molecular weight is 485 g/mol. The Balaban J connectivity index is 1.50. The third-order valence-electron chi connectivity index (χ3n) is 4.73. The van der Waals surface area contributed by atoms with Gasteiger partial charge >= 0.3 is 0 Å². The minimum Gasteiger partial charge on any atom is -0.345 e. The molecular formula is C19H16BrCl2N3OS. The molecule has 1 amide bonds. The summed E-state index contributed by atoms with van der Waals surface area (Å²) in [5.41, 5.74) is 2.50. The lowest BCUT2D eigenvalue weighted by atomic mass is 10.2. The second kappa shape index (κ2) is 7.59. The molecule has 0 unspecified atom stereocenters. The summed E-state index contributed by atoms with van der Waals surface area (Å²) < 4.78 is 1.98. The Morgan fingerprint density at radius 2 is 1.81 bits per heavy atom. The third-order valence-corrected chi connectivity index (χ3v) is 7.05. The van der Waals surface area contributed by atoms with Gasteiger partial charge in [-0.2, -0.15) is 0 Å². The number of nitrogens with zero attached hydrogens (tertiary/aromatic N) is 3. The summed E-state index contributed by atoms with van der Waals surface area (Å²) in [7, 11) is 0. The van der Waals surface area contributed by atoms with Crippen molar-refractivity contribution in [3.63, 3.8) is 0 Å². The first kappa shape index (κ1) is 19.0. The highest BCUT2D eigenvalue weighted by molar-refractivity contribution is 9.10. The van der Waals surface area contributed by atoms with Crippen LogP contribution < -0.4 is 4.90 Å². The first-order valence-corrected chi connectivity index (χ1v) is 10.9. The smallest absolute Gasteiger partial charge is 0.255 e. The van der Waals surface area contributed by atoms with E-state index in [2.05, 4.69) is 20.8 Å². The number of halogens is 3. The largest absolute Gasteiger partial charge is 0.345 e. The Morgan fingerprint density at radius 3 is 2.56 bits per heavy atom. The summed E-state index contributed by atoms with van der Waals surface area (Å²) in [6, 6.07) is 9.28. The van der Waals surface area contributed by atoms with Crippen molar-refractivity contribution >= 4 is 71.7 Å². The minimum atomic E-state index is -0.0344. The molecule has 4 nitrogen and oxygen atoms in total. The van der Waals surface area contributed by atoms with Crippen LogP contribution in [-0.2, 0) is 0 Å². The van der Waals surface area contributed by atoms with Crippen molar-refractivity contribution in [2.24, 2.45) is 0 Å². The molecule has 8 heteroatoms. The fourth-order valence-corrected chi connectivity index (χ4v) is 4.95. The van der Waals surface area contributed by atoms with E-state index in [4.69, 9.17) is 28.2 Å². The average Bonchev–Trinajstić information content (AvgIpc) is 3.11. The van der Waals surface area contributed by atoms with E-state index >= 15 is 0 Å². The Labute approximate surface area is 179 Å². The molecule has 0 N–H and O–H groups in total. The lowest BCUT2D eigenvalue weighted by molar-refractivity contribution is 0.0747. The Morgan fingerprint density at radius 1 is 1.11 bits per heavy atom. The third kappa shape index (κ3) is 3.68. The van der Waals surface area contributed by atoms with Gasteiger partial charge in [-0.1, -0.05) is 50.5 Å². The van der Waals surface area contributed by atoms with Gasteiger partial charge in [0.25, 0.3) is 5.91 Å². The molecule has 1 aromatic heterocycles. The van der Waals surface area contributed by atoms with Crippen LogP contribution in [-0.4, -0.2) is 42.0 Å². The van der Waals surface area contributed by atoms with E-state index in [1.165, 1.54) is 0 Å². The van der Waals surface area contributed by atoms with Crippen LogP contribution in [0.5, 0.6) is 0 Å². The molecule has 27 heavy (non-hydrogen) atoms. The van der Waals surface area contributed by atoms with Crippen molar-refractivity contribution < 1.29 is 4.79 Å². The number of fused-ring (bicyclic) bond motifs is 1. The van der Waals surface area contributed by atoms with Gasteiger partial charge in [-0.25, -0.2) is 4.98 Å². The van der Waals surface area contributed by atoms with Gasteiger partial charge in [0.05, 0.1) is 20.8 Å². The number of rotatable bonds is 2. The number of carbonyl (C=O) groups excluding carboxylic acids is 1. The van der Waals surface area contributed by atoms with E-state index in [1.54, 1.807) is 23.5 Å². The van der Waals surface area contributed by atoms with Crippen molar-refractivity contribution in [2.75, 3.05) is 31.1 Å². The zero-order chi connectivity index (χ0) is 19.1. The van der Waals surface area contributed by atoms with E-state index in [0.717, 1.165) is 43.5 Å². The standard InChI is InChI=1S/C19H16BrCl2N3OS/c1-11-14(21)4-5-16-17(11)23-19(27-16)25-8-6-24(7-9-25)18(26)13-10-12(20)2-3-15(13)22/h2-5,10H,6-9H2,1H3. The van der Waals surface area contributed by atoms with Gasteiger partial charge < -0.3 is 9.80 Å². The number of aromatic nitrogens is 1. The number of piperazine rings is 1. The molecule has 1 aliphatic rings. The number of anilines is 1. The second-order valence-electron chi connectivity index (χ2n) is 6.42. The van der Waals surface area contributed by atoms with Crippen LogP contribution in [0.15, 0.2) is 34.8 Å². The summed E-state index contributed by atoms with van der Waals surface area (Å²) in [5, 5.41) is 2.19. The molecule has 0 saturated carbocycles. The molecule has 0 aliphatic carbocycles. The van der Waals surface area contributed by atoms with Crippen LogP contribution in [0.4, 0.5) is 5.13 Å². The molecule has 1 aliphatic heterocycles. The quantitative estimate of drug-likeness (QED) is 0.472. The zero-order valence-electron chi connectivity index (χ0n) is 14.5. The SMILES string of the molecule is Cc1c(Cl)ccc2sc(N3CCN(C(=O)c4cc(Br)ccc4Cl)CC3)nc12. The van der Waals surface area contributed by atoms with Gasteiger partial charge in [0, 0.05) is 35.7 Å². The van der Waals surface area contributed by atoms with Crippen LogP contribution in [0.1, 0.15) is 15.9 Å². The number of hydrogen-bond donors (Lipinski definition) is 0. The summed E-state index contributed by atoms with van der Waals surface area (Å²) in [6.07, 6.45) is 0. The number of amides is 1. The highest BCUT2D eigenvalue weighted by Crippen LogP contribution is 2.34. The molecule has 2 heterocycles. The summed E-state index contributed by atoms with van der Waals surface area (Å²) in [6.45, 7) is 4.75. The highest BCUT2D eigenvalue weighted by atomic mass is 79.9. The molecule has 1 saturated heterocycles. The molecule has 140 valence electrons. The molecular weight excluding hydrogens is 469 g/mol.